The largest absolute Gasteiger partial charge is 0.507 e. The zero-order valence-corrected chi connectivity index (χ0v) is 6.41. The van der Waals surface area contributed by atoms with Crippen LogP contribution in [0.4, 0.5) is 0 Å². The van der Waals surface area contributed by atoms with E-state index in [1.54, 1.807) is 24.3 Å². The van der Waals surface area contributed by atoms with Gasteiger partial charge in [-0.15, -0.1) is 5.73 Å². The van der Waals surface area contributed by atoms with Gasteiger partial charge in [0.2, 0.25) is 0 Å². The third-order valence-electron chi connectivity index (χ3n) is 1.34. The SMILES string of the molecule is CC=C=Cc1ccccc1O. The highest BCUT2D eigenvalue weighted by Crippen LogP contribution is 2.15. The van der Waals surface area contributed by atoms with Crippen LogP contribution in [0, 0.1) is 0 Å². The van der Waals surface area contributed by atoms with E-state index in [1.807, 2.05) is 19.1 Å². The van der Waals surface area contributed by atoms with E-state index < -0.39 is 0 Å². The predicted molar refractivity (Wildman–Crippen MR) is 46.3 cm³/mol. The van der Waals surface area contributed by atoms with Crippen LogP contribution in [0.25, 0.3) is 6.08 Å². The van der Waals surface area contributed by atoms with Crippen LogP contribution < -0.4 is 0 Å². The van der Waals surface area contributed by atoms with E-state index in [0.29, 0.717) is 5.75 Å². The zero-order chi connectivity index (χ0) is 8.10. The number of hydrogen-bond donors (Lipinski definition) is 1. The van der Waals surface area contributed by atoms with Gasteiger partial charge in [0.05, 0.1) is 0 Å². The minimum atomic E-state index is 0.293. The highest BCUT2D eigenvalue weighted by Gasteiger charge is 1.91. The quantitative estimate of drug-likeness (QED) is 0.604. The van der Waals surface area contributed by atoms with Crippen molar-refractivity contribution in [1.29, 1.82) is 0 Å². The van der Waals surface area contributed by atoms with Gasteiger partial charge in [0, 0.05) is 5.56 Å². The molecule has 0 bridgehead atoms. The van der Waals surface area contributed by atoms with Crippen LogP contribution >= 0.6 is 0 Å². The van der Waals surface area contributed by atoms with Crippen molar-refractivity contribution in [2.75, 3.05) is 0 Å². The molecule has 56 valence electrons. The van der Waals surface area contributed by atoms with Gasteiger partial charge in [0.15, 0.2) is 0 Å². The molecule has 1 rings (SSSR count). The maximum Gasteiger partial charge on any atom is 0.123 e. The van der Waals surface area contributed by atoms with Crippen LogP contribution in [-0.2, 0) is 0 Å². The van der Waals surface area contributed by atoms with E-state index in [-0.39, 0.29) is 0 Å². The summed E-state index contributed by atoms with van der Waals surface area (Å²) in [5.74, 6) is 0.293. The average molecular weight is 146 g/mol. The van der Waals surface area contributed by atoms with Crippen LogP contribution in [0.15, 0.2) is 36.1 Å². The summed E-state index contributed by atoms with van der Waals surface area (Å²) in [4.78, 5) is 0. The predicted octanol–water partition coefficient (Wildman–Crippen LogP) is 2.58. The molecule has 0 heterocycles. The number of allylic oxidation sites excluding steroid dienone is 1. The third kappa shape index (κ3) is 1.99. The standard InChI is InChI=1S/C10H10O/c1-2-3-6-9-7-4-5-8-10(9)11/h2,4-8,11H,1H3. The molecule has 1 nitrogen and oxygen atoms in total. The molecule has 0 fully saturated rings. The lowest BCUT2D eigenvalue weighted by Crippen LogP contribution is -1.70. The van der Waals surface area contributed by atoms with Crippen molar-refractivity contribution in [1.82, 2.24) is 0 Å². The molecule has 1 N–H and O–H groups in total. The number of aromatic hydroxyl groups is 1. The topological polar surface area (TPSA) is 20.2 Å². The Labute approximate surface area is 66.3 Å². The molecule has 0 spiro atoms. The Bertz CT molecular complexity index is 293. The Morgan fingerprint density at radius 1 is 1.36 bits per heavy atom. The van der Waals surface area contributed by atoms with Crippen molar-refractivity contribution in [3.8, 4) is 5.75 Å². The second-order valence-electron chi connectivity index (χ2n) is 2.16. The van der Waals surface area contributed by atoms with Crippen molar-refractivity contribution in [2.45, 2.75) is 6.92 Å². The molecule has 0 aromatic heterocycles. The van der Waals surface area contributed by atoms with Gasteiger partial charge in [0.1, 0.15) is 5.75 Å². The summed E-state index contributed by atoms with van der Waals surface area (Å²) in [6, 6.07) is 7.17. The Kier molecular flexibility index (Phi) is 2.53. The molecule has 1 aromatic rings. The Morgan fingerprint density at radius 2 is 2.09 bits per heavy atom. The van der Waals surface area contributed by atoms with E-state index >= 15 is 0 Å². The van der Waals surface area contributed by atoms with Gasteiger partial charge >= 0.3 is 0 Å². The molecular formula is C10H10O. The van der Waals surface area contributed by atoms with E-state index in [4.69, 9.17) is 0 Å². The third-order valence-corrected chi connectivity index (χ3v) is 1.34. The minimum absolute atomic E-state index is 0.293. The highest BCUT2D eigenvalue weighted by molar-refractivity contribution is 5.55. The molecular weight excluding hydrogens is 136 g/mol. The number of phenolic OH excluding ortho intramolecular Hbond substituents is 1. The fourth-order valence-corrected chi connectivity index (χ4v) is 0.783. The molecule has 0 aliphatic carbocycles. The highest BCUT2D eigenvalue weighted by atomic mass is 16.3. The van der Waals surface area contributed by atoms with E-state index in [2.05, 4.69) is 5.73 Å². The molecule has 0 atom stereocenters. The van der Waals surface area contributed by atoms with Gasteiger partial charge in [-0.3, -0.25) is 0 Å². The molecule has 11 heavy (non-hydrogen) atoms. The normalized spacial score (nSPS) is 8.45. The molecule has 0 amide bonds. The summed E-state index contributed by atoms with van der Waals surface area (Å²) in [6.07, 6.45) is 3.54. The van der Waals surface area contributed by atoms with Crippen LogP contribution in [0.2, 0.25) is 0 Å². The molecule has 0 radical (unpaired) electrons. The van der Waals surface area contributed by atoms with Crippen molar-refractivity contribution in [3.05, 3.63) is 41.6 Å². The minimum Gasteiger partial charge on any atom is -0.507 e. The second-order valence-corrected chi connectivity index (χ2v) is 2.16. The van der Waals surface area contributed by atoms with Crippen molar-refractivity contribution < 1.29 is 5.11 Å². The Hall–Kier alpha value is -1.46. The lowest BCUT2D eigenvalue weighted by Gasteiger charge is -1.93. The first-order valence-corrected chi connectivity index (χ1v) is 3.49. The fourth-order valence-electron chi connectivity index (χ4n) is 0.783. The van der Waals surface area contributed by atoms with Gasteiger partial charge in [-0.1, -0.05) is 18.2 Å². The summed E-state index contributed by atoms with van der Waals surface area (Å²) in [6.45, 7) is 1.89. The van der Waals surface area contributed by atoms with Gasteiger partial charge < -0.3 is 5.11 Å². The first-order chi connectivity index (χ1) is 5.34. The molecule has 0 saturated carbocycles. The van der Waals surface area contributed by atoms with Crippen molar-refractivity contribution in [3.63, 3.8) is 0 Å². The molecule has 0 aliphatic heterocycles. The summed E-state index contributed by atoms with van der Waals surface area (Å²) >= 11 is 0. The molecule has 1 aromatic carbocycles. The van der Waals surface area contributed by atoms with Crippen LogP contribution in [-0.4, -0.2) is 5.11 Å². The van der Waals surface area contributed by atoms with Gasteiger partial charge in [-0.25, -0.2) is 0 Å². The molecule has 0 unspecified atom stereocenters. The van der Waals surface area contributed by atoms with Gasteiger partial charge in [-0.2, -0.15) is 0 Å². The number of benzene rings is 1. The first-order valence-electron chi connectivity index (χ1n) is 3.49. The summed E-state index contributed by atoms with van der Waals surface area (Å²) < 4.78 is 0. The number of hydrogen-bond acceptors (Lipinski definition) is 1. The lowest BCUT2D eigenvalue weighted by molar-refractivity contribution is 0.474. The monoisotopic (exact) mass is 146 g/mol. The van der Waals surface area contributed by atoms with Crippen molar-refractivity contribution in [2.24, 2.45) is 0 Å². The molecule has 1 heteroatoms. The second kappa shape index (κ2) is 3.65. The molecule has 0 saturated heterocycles. The molecule has 0 aliphatic rings. The number of para-hydroxylation sites is 1. The Balaban J connectivity index is 3.04. The Morgan fingerprint density at radius 3 is 2.73 bits per heavy atom. The summed E-state index contributed by atoms with van der Waals surface area (Å²) in [5.41, 5.74) is 3.69. The van der Waals surface area contributed by atoms with Crippen LogP contribution in [0.3, 0.4) is 0 Å². The first kappa shape index (κ1) is 7.64. The van der Waals surface area contributed by atoms with Crippen molar-refractivity contribution >= 4 is 6.08 Å². The van der Waals surface area contributed by atoms with E-state index in [9.17, 15) is 5.11 Å². The van der Waals surface area contributed by atoms with E-state index in [1.165, 1.54) is 0 Å². The maximum absolute atomic E-state index is 9.25. The van der Waals surface area contributed by atoms with Crippen LogP contribution in [0.5, 0.6) is 5.75 Å². The fraction of sp³-hybridized carbons (Fsp3) is 0.100. The smallest absolute Gasteiger partial charge is 0.123 e. The number of phenols is 1. The number of rotatable bonds is 1. The lowest BCUT2D eigenvalue weighted by atomic mass is 10.2. The van der Waals surface area contributed by atoms with Crippen LogP contribution in [0.1, 0.15) is 12.5 Å². The zero-order valence-electron chi connectivity index (χ0n) is 6.41. The van der Waals surface area contributed by atoms with E-state index in [0.717, 1.165) is 5.56 Å². The maximum atomic E-state index is 9.25. The average Bonchev–Trinajstić information content (AvgIpc) is 2.03. The summed E-state index contributed by atoms with van der Waals surface area (Å²) in [5, 5.41) is 9.25. The summed E-state index contributed by atoms with van der Waals surface area (Å²) in [7, 11) is 0. The van der Waals surface area contributed by atoms with Gasteiger partial charge in [0.25, 0.3) is 0 Å². The van der Waals surface area contributed by atoms with Gasteiger partial charge in [-0.05, 0) is 25.1 Å².